The number of benzene rings is 2. The van der Waals surface area contributed by atoms with Gasteiger partial charge < -0.3 is 14.8 Å². The van der Waals surface area contributed by atoms with Crippen molar-refractivity contribution in [2.45, 2.75) is 18.1 Å². The normalized spacial score (nSPS) is 11.2. The van der Waals surface area contributed by atoms with Crippen LogP contribution in [0.4, 0.5) is 13.2 Å². The molecule has 30 heavy (non-hydrogen) atoms. The lowest BCUT2D eigenvalue weighted by atomic mass is 10.2. The number of carbonyl (C=O) groups is 1. The number of halogens is 3. The average Bonchev–Trinajstić information content (AvgIpc) is 3.19. The summed E-state index contributed by atoms with van der Waals surface area (Å²) in [5.74, 6) is 0.0478. The summed E-state index contributed by atoms with van der Waals surface area (Å²) in [5, 5.41) is 3.20. The van der Waals surface area contributed by atoms with E-state index in [9.17, 15) is 18.0 Å². The van der Waals surface area contributed by atoms with Crippen molar-refractivity contribution < 1.29 is 27.4 Å². The van der Waals surface area contributed by atoms with Crippen molar-refractivity contribution in [3.63, 3.8) is 0 Å². The third kappa shape index (κ3) is 5.93. The molecule has 0 fully saturated rings. The molecule has 158 valence electrons. The SMILES string of the molecule is COc1cccc(-n2ccnc2SCC(=O)NCc2ccccc2OC(F)(F)F)c1. The first-order chi connectivity index (χ1) is 14.4. The number of para-hydroxylation sites is 1. The standard InChI is InChI=1S/C20H18F3N3O3S/c1-28-16-7-4-6-15(11-16)26-10-9-24-19(26)30-13-18(27)25-12-14-5-2-3-8-17(14)29-20(21,22)23/h2-11H,12-13H2,1H3,(H,25,27). The molecule has 0 aliphatic heterocycles. The molecular formula is C20H18F3N3O3S. The van der Waals surface area contributed by atoms with Crippen LogP contribution in [0, 0.1) is 0 Å². The van der Waals surface area contributed by atoms with Gasteiger partial charge in [0.1, 0.15) is 11.5 Å². The molecule has 0 saturated carbocycles. The summed E-state index contributed by atoms with van der Waals surface area (Å²) >= 11 is 1.21. The maximum atomic E-state index is 12.5. The fraction of sp³-hybridized carbons (Fsp3) is 0.200. The number of amides is 1. The van der Waals surface area contributed by atoms with E-state index in [1.165, 1.54) is 30.0 Å². The van der Waals surface area contributed by atoms with E-state index in [1.54, 1.807) is 25.6 Å². The van der Waals surface area contributed by atoms with Crippen LogP contribution in [-0.4, -0.2) is 34.7 Å². The maximum absolute atomic E-state index is 12.5. The van der Waals surface area contributed by atoms with Gasteiger partial charge >= 0.3 is 6.36 Å². The van der Waals surface area contributed by atoms with Crippen molar-refractivity contribution in [3.8, 4) is 17.2 Å². The lowest BCUT2D eigenvalue weighted by molar-refractivity contribution is -0.274. The Morgan fingerprint density at radius 1 is 1.20 bits per heavy atom. The second kappa shape index (κ2) is 9.57. The number of thioether (sulfide) groups is 1. The molecule has 0 atom stereocenters. The highest BCUT2D eigenvalue weighted by Crippen LogP contribution is 2.26. The summed E-state index contributed by atoms with van der Waals surface area (Å²) in [4.78, 5) is 16.5. The summed E-state index contributed by atoms with van der Waals surface area (Å²) in [6.07, 6.45) is -1.42. The van der Waals surface area contributed by atoms with Gasteiger partial charge in [-0.3, -0.25) is 9.36 Å². The Hall–Kier alpha value is -3.14. The van der Waals surface area contributed by atoms with Gasteiger partial charge in [0, 0.05) is 30.6 Å². The van der Waals surface area contributed by atoms with Crippen LogP contribution in [0.1, 0.15) is 5.56 Å². The van der Waals surface area contributed by atoms with Gasteiger partial charge in [-0.25, -0.2) is 4.98 Å². The molecule has 0 unspecified atom stereocenters. The van der Waals surface area contributed by atoms with Gasteiger partial charge in [0.2, 0.25) is 5.91 Å². The number of nitrogens with one attached hydrogen (secondary N) is 1. The van der Waals surface area contributed by atoms with E-state index in [0.29, 0.717) is 10.9 Å². The molecule has 1 aromatic heterocycles. The topological polar surface area (TPSA) is 65.4 Å². The highest BCUT2D eigenvalue weighted by atomic mass is 32.2. The Bertz CT molecular complexity index is 1010. The molecule has 0 spiro atoms. The molecule has 0 bridgehead atoms. The van der Waals surface area contributed by atoms with E-state index >= 15 is 0 Å². The molecule has 0 aliphatic rings. The van der Waals surface area contributed by atoms with E-state index in [2.05, 4.69) is 15.0 Å². The molecule has 2 aromatic carbocycles. The van der Waals surface area contributed by atoms with Gasteiger partial charge in [-0.05, 0) is 18.2 Å². The Labute approximate surface area is 175 Å². The fourth-order valence-electron chi connectivity index (χ4n) is 2.60. The number of hydrogen-bond donors (Lipinski definition) is 1. The zero-order valence-corrected chi connectivity index (χ0v) is 16.7. The van der Waals surface area contributed by atoms with Crippen LogP contribution in [0.2, 0.25) is 0 Å². The average molecular weight is 437 g/mol. The van der Waals surface area contributed by atoms with Gasteiger partial charge in [0.25, 0.3) is 0 Å². The molecule has 6 nitrogen and oxygen atoms in total. The van der Waals surface area contributed by atoms with Crippen LogP contribution in [0.3, 0.4) is 0 Å². The number of imidazole rings is 1. The number of alkyl halides is 3. The summed E-state index contributed by atoms with van der Waals surface area (Å²) in [5.41, 5.74) is 1.05. The van der Waals surface area contributed by atoms with Crippen LogP contribution >= 0.6 is 11.8 Å². The Morgan fingerprint density at radius 3 is 2.77 bits per heavy atom. The van der Waals surface area contributed by atoms with E-state index in [4.69, 9.17) is 4.74 Å². The molecule has 1 N–H and O–H groups in total. The molecule has 3 aromatic rings. The number of methoxy groups -OCH3 is 1. The van der Waals surface area contributed by atoms with Gasteiger partial charge in [-0.1, -0.05) is 36.0 Å². The minimum Gasteiger partial charge on any atom is -0.497 e. The summed E-state index contributed by atoms with van der Waals surface area (Å²) in [6.45, 7) is -0.0873. The summed E-state index contributed by atoms with van der Waals surface area (Å²) < 4.78 is 48.5. The molecule has 0 saturated heterocycles. The summed E-state index contributed by atoms with van der Waals surface area (Å²) in [6, 6.07) is 13.1. The molecule has 1 heterocycles. The van der Waals surface area contributed by atoms with Crippen LogP contribution in [0.5, 0.6) is 11.5 Å². The van der Waals surface area contributed by atoms with Crippen molar-refractivity contribution in [3.05, 3.63) is 66.5 Å². The first kappa shape index (κ1) is 21.6. The quantitative estimate of drug-likeness (QED) is 0.536. The van der Waals surface area contributed by atoms with Crippen molar-refractivity contribution in [2.75, 3.05) is 12.9 Å². The number of nitrogens with zero attached hydrogens (tertiary/aromatic N) is 2. The molecule has 0 aliphatic carbocycles. The highest BCUT2D eigenvalue weighted by molar-refractivity contribution is 7.99. The number of carbonyl (C=O) groups excluding carboxylic acids is 1. The lowest BCUT2D eigenvalue weighted by Gasteiger charge is -2.13. The zero-order chi connectivity index (χ0) is 21.6. The van der Waals surface area contributed by atoms with Crippen LogP contribution in [0.25, 0.3) is 5.69 Å². The first-order valence-corrected chi connectivity index (χ1v) is 9.75. The van der Waals surface area contributed by atoms with E-state index in [0.717, 1.165) is 5.69 Å². The van der Waals surface area contributed by atoms with E-state index in [1.807, 2.05) is 28.8 Å². The largest absolute Gasteiger partial charge is 0.573 e. The fourth-order valence-corrected chi connectivity index (χ4v) is 3.41. The first-order valence-electron chi connectivity index (χ1n) is 8.76. The van der Waals surface area contributed by atoms with Crippen LogP contribution in [-0.2, 0) is 11.3 Å². The predicted molar refractivity (Wildman–Crippen MR) is 106 cm³/mol. The van der Waals surface area contributed by atoms with Crippen molar-refractivity contribution in [1.29, 1.82) is 0 Å². The van der Waals surface area contributed by atoms with Crippen LogP contribution < -0.4 is 14.8 Å². The van der Waals surface area contributed by atoms with E-state index < -0.39 is 6.36 Å². The van der Waals surface area contributed by atoms with Crippen LogP contribution in [0.15, 0.2) is 66.1 Å². The van der Waals surface area contributed by atoms with Crippen molar-refractivity contribution >= 4 is 17.7 Å². The van der Waals surface area contributed by atoms with Gasteiger partial charge in [0.05, 0.1) is 18.6 Å². The number of rotatable bonds is 8. The number of aromatic nitrogens is 2. The maximum Gasteiger partial charge on any atom is 0.573 e. The monoisotopic (exact) mass is 437 g/mol. The summed E-state index contributed by atoms with van der Waals surface area (Å²) in [7, 11) is 1.57. The minimum atomic E-state index is -4.80. The number of hydrogen-bond acceptors (Lipinski definition) is 5. The van der Waals surface area contributed by atoms with Crippen molar-refractivity contribution in [2.24, 2.45) is 0 Å². The minimum absolute atomic E-state index is 0.0449. The Morgan fingerprint density at radius 2 is 2.00 bits per heavy atom. The molecule has 3 rings (SSSR count). The Balaban J connectivity index is 1.59. The molecule has 1 amide bonds. The molecular weight excluding hydrogens is 419 g/mol. The molecule has 10 heteroatoms. The zero-order valence-electron chi connectivity index (χ0n) is 15.8. The third-order valence-corrected chi connectivity index (χ3v) is 4.91. The van der Waals surface area contributed by atoms with Gasteiger partial charge in [-0.15, -0.1) is 13.2 Å². The predicted octanol–water partition coefficient (Wildman–Crippen LogP) is 4.19. The third-order valence-electron chi connectivity index (χ3n) is 3.94. The Kier molecular flexibility index (Phi) is 6.88. The second-order valence-corrected chi connectivity index (χ2v) is 6.94. The smallest absolute Gasteiger partial charge is 0.497 e. The lowest BCUT2D eigenvalue weighted by Crippen LogP contribution is -2.26. The highest BCUT2D eigenvalue weighted by Gasteiger charge is 2.32. The van der Waals surface area contributed by atoms with Gasteiger partial charge in [-0.2, -0.15) is 0 Å². The second-order valence-electron chi connectivity index (χ2n) is 6.00. The van der Waals surface area contributed by atoms with Gasteiger partial charge in [0.15, 0.2) is 5.16 Å². The number of ether oxygens (including phenoxy) is 2. The molecule has 0 radical (unpaired) electrons. The van der Waals surface area contributed by atoms with E-state index in [-0.39, 0.29) is 29.5 Å². The van der Waals surface area contributed by atoms with Crippen molar-refractivity contribution in [1.82, 2.24) is 14.9 Å².